The lowest BCUT2D eigenvalue weighted by Gasteiger charge is -2.43. The van der Waals surface area contributed by atoms with Crippen LogP contribution in [0.5, 0.6) is 0 Å². The van der Waals surface area contributed by atoms with E-state index in [2.05, 4.69) is 15.5 Å². The van der Waals surface area contributed by atoms with Gasteiger partial charge in [0.15, 0.2) is 17.4 Å². The molecule has 0 spiro atoms. The van der Waals surface area contributed by atoms with Crippen LogP contribution in [0.3, 0.4) is 0 Å². The van der Waals surface area contributed by atoms with Crippen LogP contribution in [0.25, 0.3) is 11.3 Å². The number of nitrogens with zero attached hydrogens (tertiary/aromatic N) is 4. The molecule has 3 heterocycles. The molecule has 5 atom stereocenters. The molecule has 2 aliphatic rings. The monoisotopic (exact) mass is 520 g/mol. The van der Waals surface area contributed by atoms with Crippen LogP contribution in [-0.2, 0) is 21.5 Å². The zero-order chi connectivity index (χ0) is 26.3. The van der Waals surface area contributed by atoms with Gasteiger partial charge in [-0.3, -0.25) is 0 Å². The van der Waals surface area contributed by atoms with Crippen LogP contribution in [0.4, 0.5) is 8.78 Å². The molecule has 37 heavy (non-hydrogen) atoms. The summed E-state index contributed by atoms with van der Waals surface area (Å²) in [5, 5.41) is 43.9. The summed E-state index contributed by atoms with van der Waals surface area (Å²) in [7, 11) is 1.45. The average Bonchev–Trinajstić information content (AvgIpc) is 3.65. The van der Waals surface area contributed by atoms with E-state index in [1.807, 2.05) is 0 Å². The molecule has 3 N–H and O–H groups in total. The number of hydrogen-bond donors (Lipinski definition) is 3. The minimum atomic E-state index is -1.24. The molecule has 0 unspecified atom stereocenters. The predicted molar refractivity (Wildman–Crippen MR) is 124 cm³/mol. The Kier molecular flexibility index (Phi) is 7.12. The van der Waals surface area contributed by atoms with Gasteiger partial charge in [-0.05, 0) is 44.2 Å². The smallest absolute Gasteiger partial charge is 0.168 e. The van der Waals surface area contributed by atoms with E-state index >= 15 is 0 Å². The summed E-state index contributed by atoms with van der Waals surface area (Å²) in [5.74, 6) is -1.62. The highest BCUT2D eigenvalue weighted by Gasteiger charge is 2.47. The molecular weight excluding hydrogens is 490 g/mol. The molecule has 12 heteroatoms. The Morgan fingerprint density at radius 2 is 1.95 bits per heavy atom. The molecule has 1 saturated carbocycles. The fourth-order valence-corrected chi connectivity index (χ4v) is 5.36. The fraction of sp³-hybridized carbons (Fsp3) is 0.560. The molecule has 1 saturated heterocycles. The number of aromatic nitrogens is 4. The van der Waals surface area contributed by atoms with Gasteiger partial charge in [-0.15, -0.1) is 5.10 Å². The van der Waals surface area contributed by atoms with Crippen LogP contribution in [0.15, 0.2) is 28.9 Å². The third kappa shape index (κ3) is 4.68. The fourth-order valence-electron chi connectivity index (χ4n) is 5.36. The second kappa shape index (κ2) is 10.2. The first-order valence-electron chi connectivity index (χ1n) is 12.3. The minimum absolute atomic E-state index is 0.0694. The van der Waals surface area contributed by atoms with Crippen molar-refractivity contribution in [1.29, 1.82) is 0 Å². The molecule has 3 aromatic rings. The van der Waals surface area contributed by atoms with E-state index in [0.29, 0.717) is 24.3 Å². The highest BCUT2D eigenvalue weighted by atomic mass is 19.2. The predicted octanol–water partition coefficient (Wildman–Crippen LogP) is 2.20. The largest absolute Gasteiger partial charge is 0.394 e. The zero-order valence-electron chi connectivity index (χ0n) is 20.5. The van der Waals surface area contributed by atoms with Gasteiger partial charge >= 0.3 is 0 Å². The number of aliphatic hydroxyl groups is 3. The highest BCUT2D eigenvalue weighted by molar-refractivity contribution is 5.59. The molecule has 5 rings (SSSR count). The highest BCUT2D eigenvalue weighted by Crippen LogP contribution is 2.39. The quantitative estimate of drug-likeness (QED) is 0.428. The molecule has 2 aromatic heterocycles. The van der Waals surface area contributed by atoms with Crippen LogP contribution >= 0.6 is 0 Å². The molecule has 10 nitrogen and oxygen atoms in total. The minimum Gasteiger partial charge on any atom is -0.394 e. The molecular formula is C25H30F2N4O6. The van der Waals surface area contributed by atoms with Crippen LogP contribution in [0.1, 0.15) is 48.7 Å². The Morgan fingerprint density at radius 1 is 1.19 bits per heavy atom. The number of methoxy groups -OCH3 is 1. The van der Waals surface area contributed by atoms with E-state index in [1.54, 1.807) is 6.07 Å². The topological polar surface area (TPSA) is 136 Å². The molecule has 1 aromatic carbocycles. The first-order valence-corrected chi connectivity index (χ1v) is 12.3. The molecule has 1 aliphatic carbocycles. The van der Waals surface area contributed by atoms with E-state index in [-0.39, 0.29) is 23.2 Å². The number of halogens is 2. The van der Waals surface area contributed by atoms with Gasteiger partial charge in [-0.1, -0.05) is 16.4 Å². The maximum absolute atomic E-state index is 14.6. The zero-order valence-corrected chi connectivity index (χ0v) is 20.5. The summed E-state index contributed by atoms with van der Waals surface area (Å²) in [4.78, 5) is 0. The van der Waals surface area contributed by atoms with Crippen molar-refractivity contribution >= 4 is 0 Å². The summed E-state index contributed by atoms with van der Waals surface area (Å²) in [6, 6.07) is 3.68. The number of rotatable bonds is 7. The van der Waals surface area contributed by atoms with Crippen molar-refractivity contribution in [2.45, 2.75) is 75.1 Å². The Bertz CT molecular complexity index is 1240. The van der Waals surface area contributed by atoms with Gasteiger partial charge in [-0.25, -0.2) is 13.5 Å². The summed E-state index contributed by atoms with van der Waals surface area (Å²) < 4.78 is 47.1. The Labute approximate surface area is 211 Å². The number of ether oxygens (including phenoxy) is 2. The average molecular weight is 521 g/mol. The van der Waals surface area contributed by atoms with Gasteiger partial charge in [-0.2, -0.15) is 0 Å². The first-order chi connectivity index (χ1) is 17.8. The van der Waals surface area contributed by atoms with E-state index in [4.69, 9.17) is 14.0 Å². The van der Waals surface area contributed by atoms with Gasteiger partial charge in [0, 0.05) is 25.2 Å². The summed E-state index contributed by atoms with van der Waals surface area (Å²) >= 11 is 0. The molecule has 0 radical (unpaired) electrons. The van der Waals surface area contributed by atoms with Crippen molar-refractivity contribution in [3.63, 3.8) is 0 Å². The van der Waals surface area contributed by atoms with Gasteiger partial charge in [0.05, 0.1) is 24.6 Å². The van der Waals surface area contributed by atoms with E-state index in [0.717, 1.165) is 12.8 Å². The summed E-state index contributed by atoms with van der Waals surface area (Å²) in [6.45, 7) is 0.982. The SMILES string of the molecule is CO[C@@H]1[C@@H](n2cc(-c3ccc(C)c(F)c3F)nn2)[C@@H](O)[C@@H](CO)O[C@@H]1Cc1cc(C2(O)CCCC2)on1. The third-order valence-electron chi connectivity index (χ3n) is 7.46. The standard InChI is InChI=1S/C25H30F2N4O6/c1-13-5-6-15(21(27)20(13)26)16-11-31(30-28-16)22-23(33)18(12-32)36-17(24(22)35-2)9-14-10-19(37-29-14)25(34)7-3-4-8-25/h5-6,10-11,17-18,22-24,32-34H,3-4,7-9,12H2,1-2H3/t17-,18-,22+,23+,24+/m1/s1. The van der Waals surface area contributed by atoms with Crippen molar-refractivity contribution in [2.75, 3.05) is 13.7 Å². The molecule has 200 valence electrons. The van der Waals surface area contributed by atoms with Gasteiger partial charge in [0.25, 0.3) is 0 Å². The summed E-state index contributed by atoms with van der Waals surface area (Å²) in [6.07, 6.45) is 0.925. The van der Waals surface area contributed by atoms with Crippen LogP contribution in [0.2, 0.25) is 0 Å². The van der Waals surface area contributed by atoms with E-state index < -0.39 is 54.3 Å². The van der Waals surface area contributed by atoms with Crippen molar-refractivity contribution in [3.8, 4) is 11.3 Å². The lowest BCUT2D eigenvalue weighted by atomic mass is 9.90. The lowest BCUT2D eigenvalue weighted by molar-refractivity contribution is -0.212. The molecule has 2 fully saturated rings. The van der Waals surface area contributed by atoms with E-state index in [9.17, 15) is 24.1 Å². The van der Waals surface area contributed by atoms with Crippen LogP contribution < -0.4 is 0 Å². The third-order valence-corrected chi connectivity index (χ3v) is 7.46. The number of aliphatic hydroxyl groups excluding tert-OH is 2. The van der Waals surface area contributed by atoms with Crippen molar-refractivity contribution in [2.24, 2.45) is 0 Å². The van der Waals surface area contributed by atoms with Crippen LogP contribution in [-0.4, -0.2) is 73.6 Å². The van der Waals surface area contributed by atoms with Gasteiger partial charge in [0.1, 0.15) is 35.6 Å². The maximum Gasteiger partial charge on any atom is 0.168 e. The Hall–Kier alpha value is -2.77. The van der Waals surface area contributed by atoms with E-state index in [1.165, 1.54) is 37.0 Å². The van der Waals surface area contributed by atoms with Crippen LogP contribution in [0, 0.1) is 18.6 Å². The Morgan fingerprint density at radius 3 is 2.65 bits per heavy atom. The lowest BCUT2D eigenvalue weighted by Crippen LogP contribution is -2.57. The number of benzene rings is 1. The molecule has 1 aliphatic heterocycles. The second-order valence-corrected chi connectivity index (χ2v) is 9.84. The second-order valence-electron chi connectivity index (χ2n) is 9.84. The first kappa shape index (κ1) is 25.9. The number of aryl methyl sites for hydroxylation is 1. The van der Waals surface area contributed by atoms with Crippen molar-refractivity contribution < 1.29 is 38.1 Å². The van der Waals surface area contributed by atoms with Crippen molar-refractivity contribution in [1.82, 2.24) is 20.2 Å². The molecule has 0 bridgehead atoms. The van der Waals surface area contributed by atoms with Gasteiger partial charge < -0.3 is 29.3 Å². The normalized spacial score (nSPS) is 27.6. The molecule has 0 amide bonds. The van der Waals surface area contributed by atoms with Crippen molar-refractivity contribution in [3.05, 3.63) is 53.0 Å². The van der Waals surface area contributed by atoms with Gasteiger partial charge in [0.2, 0.25) is 0 Å². The maximum atomic E-state index is 14.6. The Balaban J connectivity index is 1.43. The summed E-state index contributed by atoms with van der Waals surface area (Å²) in [5.41, 5.74) is -0.343. The number of hydrogen-bond acceptors (Lipinski definition) is 9.